The van der Waals surface area contributed by atoms with Crippen molar-refractivity contribution in [2.45, 2.75) is 45.4 Å². The minimum Gasteiger partial charge on any atom is -0.489 e. The first-order valence-corrected chi connectivity index (χ1v) is 9.62. The van der Waals surface area contributed by atoms with Crippen molar-refractivity contribution in [1.82, 2.24) is 15.0 Å². The summed E-state index contributed by atoms with van der Waals surface area (Å²) in [5, 5.41) is 4.15. The predicted molar refractivity (Wildman–Crippen MR) is 104 cm³/mol. The maximum atomic E-state index is 5.83. The fourth-order valence-electron chi connectivity index (χ4n) is 3.44. The Hall–Kier alpha value is -2.66. The Morgan fingerprint density at radius 3 is 2.67 bits per heavy atom. The molecule has 0 radical (unpaired) electrons. The topological polar surface area (TPSA) is 51.4 Å². The monoisotopic (exact) mass is 363 g/mol. The Morgan fingerprint density at radius 1 is 1.07 bits per heavy atom. The van der Waals surface area contributed by atoms with Crippen LogP contribution in [0.25, 0.3) is 11.4 Å². The van der Waals surface area contributed by atoms with Crippen molar-refractivity contribution in [3.63, 3.8) is 0 Å². The maximum absolute atomic E-state index is 5.83. The largest absolute Gasteiger partial charge is 0.489 e. The van der Waals surface area contributed by atoms with E-state index in [9.17, 15) is 0 Å². The Morgan fingerprint density at radius 2 is 1.89 bits per heavy atom. The summed E-state index contributed by atoms with van der Waals surface area (Å²) in [6.07, 6.45) is 3.80. The number of likely N-dealkylation sites (tertiary alicyclic amines) is 1. The summed E-state index contributed by atoms with van der Waals surface area (Å²) in [6.45, 7) is 4.66. The standard InChI is InChI=1S/C22H25N3O2/c1-17-7-5-6-14-25(17)15-21-23-22(24-27-21)19-10-12-20(13-11-19)26-16-18-8-3-2-4-9-18/h2-4,8-13,17H,5-7,14-16H2,1H3. The van der Waals surface area contributed by atoms with Crippen LogP contribution in [0, 0.1) is 0 Å². The SMILES string of the molecule is CC1CCCCN1Cc1nc(-c2ccc(OCc3ccccc3)cc2)no1. The van der Waals surface area contributed by atoms with Crippen LogP contribution in [0.3, 0.4) is 0 Å². The van der Waals surface area contributed by atoms with Gasteiger partial charge in [-0.1, -0.05) is 41.9 Å². The lowest BCUT2D eigenvalue weighted by Gasteiger charge is -2.31. The fraction of sp³-hybridized carbons (Fsp3) is 0.364. The average molecular weight is 363 g/mol. The predicted octanol–water partition coefficient (Wildman–Crippen LogP) is 4.69. The minimum absolute atomic E-state index is 0.556. The van der Waals surface area contributed by atoms with E-state index < -0.39 is 0 Å². The first-order valence-electron chi connectivity index (χ1n) is 9.62. The van der Waals surface area contributed by atoms with E-state index >= 15 is 0 Å². The van der Waals surface area contributed by atoms with E-state index in [1.165, 1.54) is 19.3 Å². The molecule has 5 nitrogen and oxygen atoms in total. The molecule has 0 N–H and O–H groups in total. The van der Waals surface area contributed by atoms with Gasteiger partial charge < -0.3 is 9.26 Å². The number of ether oxygens (including phenoxy) is 1. The molecule has 0 bridgehead atoms. The molecule has 5 heteroatoms. The summed E-state index contributed by atoms with van der Waals surface area (Å²) < 4.78 is 11.3. The summed E-state index contributed by atoms with van der Waals surface area (Å²) in [7, 11) is 0. The molecule has 4 rings (SSSR count). The smallest absolute Gasteiger partial charge is 0.241 e. The van der Waals surface area contributed by atoms with Gasteiger partial charge in [0.05, 0.1) is 6.54 Å². The van der Waals surface area contributed by atoms with Gasteiger partial charge in [-0.15, -0.1) is 0 Å². The molecule has 27 heavy (non-hydrogen) atoms. The lowest BCUT2D eigenvalue weighted by Crippen LogP contribution is -2.36. The highest BCUT2D eigenvalue weighted by Gasteiger charge is 2.21. The van der Waals surface area contributed by atoms with E-state index in [1.807, 2.05) is 42.5 Å². The van der Waals surface area contributed by atoms with Gasteiger partial charge in [-0.3, -0.25) is 4.90 Å². The highest BCUT2D eigenvalue weighted by Crippen LogP contribution is 2.23. The van der Waals surface area contributed by atoms with Crippen molar-refractivity contribution in [1.29, 1.82) is 0 Å². The van der Waals surface area contributed by atoms with E-state index in [0.717, 1.165) is 30.0 Å². The molecule has 3 aromatic rings. The molecule has 0 amide bonds. The summed E-state index contributed by atoms with van der Waals surface area (Å²) in [6, 6.07) is 18.6. The molecule has 1 aliphatic rings. The first kappa shape index (κ1) is 17.7. The number of aromatic nitrogens is 2. The number of rotatable bonds is 6. The van der Waals surface area contributed by atoms with Crippen LogP contribution in [-0.2, 0) is 13.2 Å². The van der Waals surface area contributed by atoms with Crippen LogP contribution in [0.15, 0.2) is 59.1 Å². The molecular formula is C22H25N3O2. The van der Waals surface area contributed by atoms with Crippen LogP contribution < -0.4 is 4.74 Å². The van der Waals surface area contributed by atoms with Crippen molar-refractivity contribution in [3.05, 3.63) is 66.1 Å². The molecule has 1 saturated heterocycles. The van der Waals surface area contributed by atoms with Gasteiger partial charge in [-0.25, -0.2) is 0 Å². The Balaban J connectivity index is 1.37. The van der Waals surface area contributed by atoms with E-state index in [-0.39, 0.29) is 0 Å². The lowest BCUT2D eigenvalue weighted by molar-refractivity contribution is 0.135. The van der Waals surface area contributed by atoms with Crippen molar-refractivity contribution in [3.8, 4) is 17.1 Å². The zero-order valence-corrected chi connectivity index (χ0v) is 15.7. The van der Waals surface area contributed by atoms with Crippen LogP contribution >= 0.6 is 0 Å². The van der Waals surface area contributed by atoms with Crippen molar-refractivity contribution < 1.29 is 9.26 Å². The zero-order chi connectivity index (χ0) is 18.5. The fourth-order valence-corrected chi connectivity index (χ4v) is 3.44. The van der Waals surface area contributed by atoms with Crippen LogP contribution in [-0.4, -0.2) is 27.6 Å². The van der Waals surface area contributed by atoms with Gasteiger partial charge in [0.15, 0.2) is 0 Å². The molecule has 2 heterocycles. The molecule has 0 saturated carbocycles. The quantitative estimate of drug-likeness (QED) is 0.636. The van der Waals surface area contributed by atoms with E-state index in [1.54, 1.807) is 0 Å². The molecule has 1 fully saturated rings. The van der Waals surface area contributed by atoms with Crippen molar-refractivity contribution in [2.24, 2.45) is 0 Å². The van der Waals surface area contributed by atoms with E-state index in [0.29, 0.717) is 24.4 Å². The second-order valence-electron chi connectivity index (χ2n) is 7.13. The highest BCUT2D eigenvalue weighted by atomic mass is 16.5. The Labute approximate surface area is 160 Å². The lowest BCUT2D eigenvalue weighted by atomic mass is 10.0. The van der Waals surface area contributed by atoms with Gasteiger partial charge in [0.2, 0.25) is 11.7 Å². The molecule has 0 spiro atoms. The number of piperidine rings is 1. The van der Waals surface area contributed by atoms with Gasteiger partial charge in [-0.2, -0.15) is 4.98 Å². The van der Waals surface area contributed by atoms with Crippen molar-refractivity contribution in [2.75, 3.05) is 6.54 Å². The number of hydrogen-bond donors (Lipinski definition) is 0. The highest BCUT2D eigenvalue weighted by molar-refractivity contribution is 5.55. The van der Waals surface area contributed by atoms with E-state index in [2.05, 4.69) is 34.1 Å². The Bertz CT molecular complexity index is 846. The first-order chi connectivity index (χ1) is 13.3. The third kappa shape index (κ3) is 4.55. The molecule has 2 aromatic carbocycles. The summed E-state index contributed by atoms with van der Waals surface area (Å²) >= 11 is 0. The van der Waals surface area contributed by atoms with Gasteiger partial charge in [0.1, 0.15) is 12.4 Å². The van der Waals surface area contributed by atoms with E-state index in [4.69, 9.17) is 9.26 Å². The third-order valence-electron chi connectivity index (χ3n) is 5.11. The van der Waals surface area contributed by atoms with Crippen LogP contribution in [0.5, 0.6) is 5.75 Å². The third-order valence-corrected chi connectivity index (χ3v) is 5.11. The van der Waals surface area contributed by atoms with Gasteiger partial charge in [0.25, 0.3) is 0 Å². The molecule has 1 atom stereocenters. The van der Waals surface area contributed by atoms with Crippen LogP contribution in [0.1, 0.15) is 37.6 Å². The molecule has 1 unspecified atom stereocenters. The Kier molecular flexibility index (Phi) is 5.49. The summed E-state index contributed by atoms with van der Waals surface area (Å²) in [5.41, 5.74) is 2.08. The minimum atomic E-state index is 0.556. The molecule has 1 aromatic heterocycles. The zero-order valence-electron chi connectivity index (χ0n) is 15.7. The maximum Gasteiger partial charge on any atom is 0.241 e. The summed E-state index contributed by atoms with van der Waals surface area (Å²) in [5.74, 6) is 2.14. The van der Waals surface area contributed by atoms with Gasteiger partial charge in [-0.05, 0) is 56.1 Å². The molecule has 0 aliphatic carbocycles. The van der Waals surface area contributed by atoms with Crippen LogP contribution in [0.4, 0.5) is 0 Å². The van der Waals surface area contributed by atoms with Gasteiger partial charge >= 0.3 is 0 Å². The van der Waals surface area contributed by atoms with Crippen molar-refractivity contribution >= 4 is 0 Å². The molecule has 1 aliphatic heterocycles. The van der Waals surface area contributed by atoms with Gasteiger partial charge in [0, 0.05) is 11.6 Å². The second kappa shape index (κ2) is 8.35. The molecule has 140 valence electrons. The average Bonchev–Trinajstić information content (AvgIpc) is 3.18. The number of nitrogens with zero attached hydrogens (tertiary/aromatic N) is 3. The summed E-state index contributed by atoms with van der Waals surface area (Å²) in [4.78, 5) is 6.99. The van der Waals surface area contributed by atoms with Crippen LogP contribution in [0.2, 0.25) is 0 Å². The number of benzene rings is 2. The normalized spacial score (nSPS) is 17.7. The second-order valence-corrected chi connectivity index (χ2v) is 7.13. The molecular weight excluding hydrogens is 338 g/mol. The number of hydrogen-bond acceptors (Lipinski definition) is 5.